The van der Waals surface area contributed by atoms with E-state index in [0.29, 0.717) is 5.82 Å². The van der Waals surface area contributed by atoms with E-state index in [0.717, 1.165) is 55.9 Å². The van der Waals surface area contributed by atoms with Crippen LogP contribution >= 0.6 is 0 Å². The van der Waals surface area contributed by atoms with Crippen LogP contribution in [0.1, 0.15) is 0 Å². The molecule has 0 saturated heterocycles. The molecule has 266 valence electrons. The maximum absolute atomic E-state index is 6.27. The first-order valence-electron chi connectivity index (χ1n) is 19.3. The largest absolute Gasteiger partial charge is 0.456 e. The van der Waals surface area contributed by atoms with E-state index >= 15 is 0 Å². The Bertz CT molecular complexity index is 3240. The monoisotopic (exact) mass is 726 g/mol. The Hall–Kier alpha value is -7.62. The summed E-state index contributed by atoms with van der Waals surface area (Å²) in [6.07, 6.45) is 0. The quantitative estimate of drug-likeness (QED) is 0.126. The average Bonchev–Trinajstić information content (AvgIpc) is 3.73. The molecule has 3 heteroatoms. The molecule has 0 aliphatic carbocycles. The molecule has 11 aromatic rings. The molecule has 0 saturated carbocycles. The van der Waals surface area contributed by atoms with Crippen molar-refractivity contribution >= 4 is 43.3 Å². The molecule has 0 aliphatic rings. The highest BCUT2D eigenvalue weighted by Crippen LogP contribution is 2.40. The van der Waals surface area contributed by atoms with Crippen LogP contribution in [-0.4, -0.2) is 9.97 Å². The maximum Gasteiger partial charge on any atom is 0.160 e. The van der Waals surface area contributed by atoms with Gasteiger partial charge in [0.1, 0.15) is 11.3 Å². The lowest BCUT2D eigenvalue weighted by atomic mass is 9.89. The predicted octanol–water partition coefficient (Wildman–Crippen LogP) is 14.7. The number of rotatable bonds is 6. The van der Waals surface area contributed by atoms with Crippen LogP contribution in [0.4, 0.5) is 0 Å². The minimum absolute atomic E-state index is 0.673. The van der Waals surface area contributed by atoms with Gasteiger partial charge in [0.2, 0.25) is 0 Å². The zero-order chi connectivity index (χ0) is 37.7. The summed E-state index contributed by atoms with van der Waals surface area (Å²) in [4.78, 5) is 10.4. The van der Waals surface area contributed by atoms with Gasteiger partial charge >= 0.3 is 0 Å². The molecule has 2 heterocycles. The third-order valence-electron chi connectivity index (χ3n) is 11.1. The topological polar surface area (TPSA) is 38.9 Å². The third-order valence-corrected chi connectivity index (χ3v) is 11.1. The molecular weight excluding hydrogens is 693 g/mol. The average molecular weight is 727 g/mol. The van der Waals surface area contributed by atoms with Crippen molar-refractivity contribution in [2.75, 3.05) is 0 Å². The summed E-state index contributed by atoms with van der Waals surface area (Å²) in [7, 11) is 0. The van der Waals surface area contributed by atoms with E-state index in [2.05, 4.69) is 182 Å². The van der Waals surface area contributed by atoms with Crippen LogP contribution in [0.3, 0.4) is 0 Å². The Balaban J connectivity index is 1.04. The van der Waals surface area contributed by atoms with Gasteiger partial charge in [-0.05, 0) is 84.9 Å². The Morgan fingerprint density at radius 2 is 0.895 bits per heavy atom. The lowest BCUT2D eigenvalue weighted by Gasteiger charge is -2.15. The van der Waals surface area contributed by atoms with Gasteiger partial charge in [-0.25, -0.2) is 9.97 Å². The summed E-state index contributed by atoms with van der Waals surface area (Å²) in [5.41, 5.74) is 11.3. The highest BCUT2D eigenvalue weighted by molar-refractivity contribution is 6.20. The van der Waals surface area contributed by atoms with Crippen LogP contribution in [-0.2, 0) is 0 Å². The van der Waals surface area contributed by atoms with E-state index in [1.807, 2.05) is 24.3 Å². The number of furan rings is 1. The van der Waals surface area contributed by atoms with Crippen molar-refractivity contribution in [3.63, 3.8) is 0 Å². The van der Waals surface area contributed by atoms with Gasteiger partial charge in [0, 0.05) is 27.6 Å². The first-order chi connectivity index (χ1) is 28.2. The molecule has 9 aromatic carbocycles. The molecule has 0 spiro atoms. The van der Waals surface area contributed by atoms with Gasteiger partial charge in [-0.1, -0.05) is 176 Å². The molecule has 0 radical (unpaired) electrons. The van der Waals surface area contributed by atoms with Gasteiger partial charge < -0.3 is 4.42 Å². The zero-order valence-electron chi connectivity index (χ0n) is 30.9. The summed E-state index contributed by atoms with van der Waals surface area (Å²) in [6, 6.07) is 72.8. The van der Waals surface area contributed by atoms with E-state index in [4.69, 9.17) is 14.4 Å². The molecule has 0 bridgehead atoms. The minimum atomic E-state index is 0.673. The Kier molecular flexibility index (Phi) is 7.82. The number of para-hydroxylation sites is 1. The first kappa shape index (κ1) is 32.8. The highest BCUT2D eigenvalue weighted by Gasteiger charge is 2.16. The highest BCUT2D eigenvalue weighted by atomic mass is 16.3. The Morgan fingerprint density at radius 3 is 1.70 bits per heavy atom. The van der Waals surface area contributed by atoms with Crippen LogP contribution in [0.5, 0.6) is 0 Å². The lowest BCUT2D eigenvalue weighted by Crippen LogP contribution is -1.96. The van der Waals surface area contributed by atoms with E-state index < -0.39 is 0 Å². The summed E-state index contributed by atoms with van der Waals surface area (Å²) in [5, 5.41) is 8.57. The van der Waals surface area contributed by atoms with Gasteiger partial charge in [0.25, 0.3) is 0 Å². The normalized spacial score (nSPS) is 11.5. The summed E-state index contributed by atoms with van der Waals surface area (Å²) in [5.74, 6) is 1.50. The Labute approximate surface area is 330 Å². The molecule has 0 fully saturated rings. The number of hydrogen-bond acceptors (Lipinski definition) is 3. The van der Waals surface area contributed by atoms with Crippen molar-refractivity contribution in [1.82, 2.24) is 9.97 Å². The molecule has 57 heavy (non-hydrogen) atoms. The molecule has 0 unspecified atom stereocenters. The Morgan fingerprint density at radius 1 is 0.298 bits per heavy atom. The van der Waals surface area contributed by atoms with Crippen LogP contribution in [0, 0.1) is 0 Å². The van der Waals surface area contributed by atoms with E-state index in [1.54, 1.807) is 0 Å². The van der Waals surface area contributed by atoms with Crippen molar-refractivity contribution in [1.29, 1.82) is 0 Å². The number of fused-ring (bicyclic) bond motifs is 5. The number of nitrogens with zero attached hydrogens (tertiary/aromatic N) is 2. The number of hydrogen-bond donors (Lipinski definition) is 0. The van der Waals surface area contributed by atoms with Crippen LogP contribution in [0.25, 0.3) is 111 Å². The van der Waals surface area contributed by atoms with Crippen molar-refractivity contribution in [2.24, 2.45) is 0 Å². The molecule has 3 nitrogen and oxygen atoms in total. The molecule has 11 rings (SSSR count). The molecule has 0 aliphatic heterocycles. The molecule has 0 amide bonds. The van der Waals surface area contributed by atoms with Crippen molar-refractivity contribution < 1.29 is 4.42 Å². The van der Waals surface area contributed by atoms with Gasteiger partial charge in [0.15, 0.2) is 5.82 Å². The van der Waals surface area contributed by atoms with E-state index in [9.17, 15) is 0 Å². The number of benzene rings is 9. The maximum atomic E-state index is 6.27. The van der Waals surface area contributed by atoms with E-state index in [1.165, 1.54) is 49.0 Å². The molecule has 0 N–H and O–H groups in total. The van der Waals surface area contributed by atoms with E-state index in [-0.39, 0.29) is 0 Å². The fourth-order valence-corrected chi connectivity index (χ4v) is 8.21. The third kappa shape index (κ3) is 5.94. The van der Waals surface area contributed by atoms with Crippen LogP contribution in [0.15, 0.2) is 211 Å². The fraction of sp³-hybridized carbons (Fsp3) is 0. The second kappa shape index (κ2) is 13.6. The summed E-state index contributed by atoms with van der Waals surface area (Å²) < 4.78 is 6.27. The lowest BCUT2D eigenvalue weighted by molar-refractivity contribution is 0.631. The standard InChI is InChI=1S/C54H34N2O/c1-2-11-35(12-3-1)36-21-27-40(28-22-36)54-55-49(34-50(56-54)42-16-10-17-43(31-42)52-33-44-15-6-9-20-51(44)57-52)38-23-25-39(26-24-38)53-46-19-8-5-14-41(46)32-48-45-18-7-4-13-37(45)29-30-47(48)53/h1-34H. The summed E-state index contributed by atoms with van der Waals surface area (Å²) >= 11 is 0. The molecule has 0 atom stereocenters. The van der Waals surface area contributed by atoms with Crippen LogP contribution in [0.2, 0.25) is 0 Å². The predicted molar refractivity (Wildman–Crippen MR) is 237 cm³/mol. The minimum Gasteiger partial charge on any atom is -0.456 e. The van der Waals surface area contributed by atoms with Gasteiger partial charge in [-0.15, -0.1) is 0 Å². The van der Waals surface area contributed by atoms with Crippen molar-refractivity contribution in [2.45, 2.75) is 0 Å². The second-order valence-electron chi connectivity index (χ2n) is 14.6. The fourth-order valence-electron chi connectivity index (χ4n) is 8.21. The van der Waals surface area contributed by atoms with Crippen molar-refractivity contribution in [3.05, 3.63) is 206 Å². The van der Waals surface area contributed by atoms with Gasteiger partial charge in [0.05, 0.1) is 11.4 Å². The molecule has 2 aromatic heterocycles. The smallest absolute Gasteiger partial charge is 0.160 e. The second-order valence-corrected chi connectivity index (χ2v) is 14.6. The first-order valence-corrected chi connectivity index (χ1v) is 19.3. The van der Waals surface area contributed by atoms with Crippen molar-refractivity contribution in [3.8, 4) is 67.5 Å². The van der Waals surface area contributed by atoms with Gasteiger partial charge in [-0.2, -0.15) is 0 Å². The number of aromatic nitrogens is 2. The van der Waals surface area contributed by atoms with Gasteiger partial charge in [-0.3, -0.25) is 0 Å². The van der Waals surface area contributed by atoms with Crippen LogP contribution < -0.4 is 0 Å². The zero-order valence-corrected chi connectivity index (χ0v) is 30.9. The molecular formula is C54H34N2O. The summed E-state index contributed by atoms with van der Waals surface area (Å²) in [6.45, 7) is 0. The SMILES string of the molecule is c1ccc(-c2ccc(-c3nc(-c4ccc(-c5c6ccccc6cc6c5ccc5ccccc56)cc4)cc(-c4cccc(-c5cc6ccccc6o5)c4)n3)cc2)cc1.